The largest absolute Gasteiger partial charge is 0.481 e. The number of carbonyl (C=O) groups is 3. The summed E-state index contributed by atoms with van der Waals surface area (Å²) in [7, 11) is 1.71. The third-order valence-electron chi connectivity index (χ3n) is 5.85. The smallest absolute Gasteiger partial charge is 0.307 e. The molecule has 0 bridgehead atoms. The van der Waals surface area contributed by atoms with Crippen LogP contribution in [-0.2, 0) is 20.8 Å². The van der Waals surface area contributed by atoms with Crippen molar-refractivity contribution >= 4 is 35.9 Å². The van der Waals surface area contributed by atoms with E-state index in [2.05, 4.69) is 10.6 Å². The number of hydrogen-bond acceptors (Lipinski definition) is 4. The van der Waals surface area contributed by atoms with Crippen molar-refractivity contribution in [3.63, 3.8) is 0 Å². The molecule has 0 radical (unpaired) electrons. The fourth-order valence-electron chi connectivity index (χ4n) is 4.04. The summed E-state index contributed by atoms with van der Waals surface area (Å²) in [6.45, 7) is 11.5. The van der Waals surface area contributed by atoms with Gasteiger partial charge in [0.1, 0.15) is 12.1 Å². The predicted octanol–water partition coefficient (Wildman–Crippen LogP) is 3.88. The van der Waals surface area contributed by atoms with E-state index in [9.17, 15) is 14.4 Å². The number of anilines is 1. The molecule has 0 saturated heterocycles. The summed E-state index contributed by atoms with van der Waals surface area (Å²) in [5.41, 5.74) is 2.22. The summed E-state index contributed by atoms with van der Waals surface area (Å²) in [6.07, 6.45) is 2.35. The van der Waals surface area contributed by atoms with Gasteiger partial charge in [-0.1, -0.05) is 64.5 Å². The second-order valence-corrected chi connectivity index (χ2v) is 10.1. The van der Waals surface area contributed by atoms with Crippen molar-refractivity contribution < 1.29 is 19.5 Å². The van der Waals surface area contributed by atoms with Crippen LogP contribution in [0.25, 0.3) is 0 Å². The standard InChI is InChI=1S/C25H37N3O4.ClH/c1-15(2)20(12-16(3)13-21(29)30)28(7)24(32)22(25(4,5)6)27-23(31)19-14-17-10-8-9-11-18(17)26-19;/h8-12,15,19-20,22,26H,13-14H2,1-7H3,(H,27,31)(H,29,30);1H/b16-12+;/t19-,20+,22+;/m0./s1. The van der Waals surface area contributed by atoms with Gasteiger partial charge in [0.15, 0.2) is 0 Å². The number of nitrogens with zero attached hydrogens (tertiary/aromatic N) is 1. The van der Waals surface area contributed by atoms with Crippen LogP contribution in [0.3, 0.4) is 0 Å². The first-order valence-corrected chi connectivity index (χ1v) is 11.1. The predicted molar refractivity (Wildman–Crippen MR) is 134 cm³/mol. The Morgan fingerprint density at radius 1 is 1.24 bits per heavy atom. The molecule has 1 aromatic carbocycles. The Kier molecular flexibility index (Phi) is 9.97. The number of aliphatic carboxylic acids is 1. The molecule has 7 nitrogen and oxygen atoms in total. The minimum Gasteiger partial charge on any atom is -0.481 e. The molecule has 1 aromatic rings. The Hall–Kier alpha value is -2.54. The first-order chi connectivity index (χ1) is 14.8. The molecule has 2 rings (SSSR count). The summed E-state index contributed by atoms with van der Waals surface area (Å²) in [4.78, 5) is 39.3. The maximum atomic E-state index is 13.6. The van der Waals surface area contributed by atoms with Gasteiger partial charge in [0.2, 0.25) is 11.8 Å². The molecule has 1 aliphatic heterocycles. The molecule has 0 fully saturated rings. The van der Waals surface area contributed by atoms with Gasteiger partial charge >= 0.3 is 5.97 Å². The number of carbonyl (C=O) groups excluding carboxylic acids is 2. The molecule has 1 heterocycles. The SMILES string of the molecule is C/C(=C\[C@H](C(C)C)N(C)C(=O)[C@@H](NC(=O)[C@@H]1Cc2ccccc2N1)C(C)(C)C)CC(=O)O.Cl. The molecule has 3 N–H and O–H groups in total. The van der Waals surface area contributed by atoms with Crippen LogP contribution >= 0.6 is 12.4 Å². The fraction of sp³-hybridized carbons (Fsp3) is 0.560. The van der Waals surface area contributed by atoms with E-state index in [4.69, 9.17) is 5.11 Å². The molecule has 33 heavy (non-hydrogen) atoms. The van der Waals surface area contributed by atoms with Crippen LogP contribution in [0, 0.1) is 11.3 Å². The zero-order valence-corrected chi connectivity index (χ0v) is 21.5. The van der Waals surface area contributed by atoms with Crippen molar-refractivity contribution in [2.24, 2.45) is 11.3 Å². The number of benzene rings is 1. The first kappa shape index (κ1) is 28.5. The number of nitrogens with one attached hydrogen (secondary N) is 2. The van der Waals surface area contributed by atoms with E-state index in [1.807, 2.05) is 65.0 Å². The summed E-state index contributed by atoms with van der Waals surface area (Å²) >= 11 is 0. The Labute approximate surface area is 203 Å². The van der Waals surface area contributed by atoms with Crippen molar-refractivity contribution in [3.05, 3.63) is 41.5 Å². The van der Waals surface area contributed by atoms with Crippen molar-refractivity contribution in [2.75, 3.05) is 12.4 Å². The molecule has 8 heteroatoms. The average molecular weight is 480 g/mol. The normalized spacial score (nSPS) is 17.3. The zero-order chi connectivity index (χ0) is 24.2. The number of halogens is 1. The van der Waals surface area contributed by atoms with Gasteiger partial charge in [-0.2, -0.15) is 0 Å². The lowest BCUT2D eigenvalue weighted by Crippen LogP contribution is -2.58. The highest BCUT2D eigenvalue weighted by Crippen LogP contribution is 2.27. The fourth-order valence-corrected chi connectivity index (χ4v) is 4.04. The van der Waals surface area contributed by atoms with Gasteiger partial charge in [-0.3, -0.25) is 14.4 Å². The van der Waals surface area contributed by atoms with Gasteiger partial charge in [0.25, 0.3) is 0 Å². The Morgan fingerprint density at radius 3 is 2.36 bits per heavy atom. The second-order valence-electron chi connectivity index (χ2n) is 10.1. The molecule has 0 unspecified atom stereocenters. The highest BCUT2D eigenvalue weighted by Gasteiger charge is 2.38. The van der Waals surface area contributed by atoms with E-state index in [0.29, 0.717) is 12.0 Å². The Bertz CT molecular complexity index is 867. The molecule has 1 aliphatic rings. The van der Waals surface area contributed by atoms with E-state index in [1.165, 1.54) is 0 Å². The topological polar surface area (TPSA) is 98.7 Å². The van der Waals surface area contributed by atoms with E-state index in [-0.39, 0.29) is 42.6 Å². The lowest BCUT2D eigenvalue weighted by molar-refractivity contribution is -0.140. The number of amides is 2. The molecule has 0 aliphatic carbocycles. The summed E-state index contributed by atoms with van der Waals surface area (Å²) < 4.78 is 0. The van der Waals surface area contributed by atoms with Crippen LogP contribution in [0.5, 0.6) is 0 Å². The number of carboxylic acids is 1. The van der Waals surface area contributed by atoms with Crippen LogP contribution < -0.4 is 10.6 Å². The van der Waals surface area contributed by atoms with Crippen LogP contribution in [-0.4, -0.2) is 53.0 Å². The number of likely N-dealkylation sites (N-methyl/N-ethyl adjacent to an activating group) is 1. The maximum absolute atomic E-state index is 13.6. The van der Waals surface area contributed by atoms with Crippen molar-refractivity contribution in [1.82, 2.24) is 10.2 Å². The lowest BCUT2D eigenvalue weighted by Gasteiger charge is -2.38. The summed E-state index contributed by atoms with van der Waals surface area (Å²) in [5, 5.41) is 15.3. The molecule has 2 amide bonds. The van der Waals surface area contributed by atoms with E-state index >= 15 is 0 Å². The third kappa shape index (κ3) is 7.49. The zero-order valence-electron chi connectivity index (χ0n) is 20.6. The molecule has 3 atom stereocenters. The van der Waals surface area contributed by atoms with E-state index < -0.39 is 23.5 Å². The molecule has 0 spiro atoms. The quantitative estimate of drug-likeness (QED) is 0.491. The van der Waals surface area contributed by atoms with Crippen LogP contribution in [0.15, 0.2) is 35.9 Å². The van der Waals surface area contributed by atoms with Gasteiger partial charge < -0.3 is 20.6 Å². The van der Waals surface area contributed by atoms with Gasteiger partial charge in [0.05, 0.1) is 12.5 Å². The van der Waals surface area contributed by atoms with Gasteiger partial charge in [-0.25, -0.2) is 0 Å². The number of hydrogen-bond donors (Lipinski definition) is 3. The van der Waals surface area contributed by atoms with Gasteiger partial charge in [0, 0.05) is 19.2 Å². The highest BCUT2D eigenvalue weighted by molar-refractivity contribution is 5.93. The molecular weight excluding hydrogens is 442 g/mol. The van der Waals surface area contributed by atoms with Gasteiger partial charge in [-0.15, -0.1) is 12.4 Å². The van der Waals surface area contributed by atoms with Crippen LogP contribution in [0.2, 0.25) is 0 Å². The first-order valence-electron chi connectivity index (χ1n) is 11.1. The molecule has 0 aromatic heterocycles. The monoisotopic (exact) mass is 479 g/mol. The number of carboxylic acid groups (broad SMARTS) is 1. The number of fused-ring (bicyclic) bond motifs is 1. The lowest BCUT2D eigenvalue weighted by atomic mass is 9.84. The second kappa shape index (κ2) is 11.5. The minimum absolute atomic E-state index is 0. The number of para-hydroxylation sites is 1. The van der Waals surface area contributed by atoms with Crippen molar-refractivity contribution in [3.8, 4) is 0 Å². The molecule has 0 saturated carbocycles. The van der Waals surface area contributed by atoms with Gasteiger partial charge in [-0.05, 0) is 29.9 Å². The van der Waals surface area contributed by atoms with Crippen molar-refractivity contribution in [1.29, 1.82) is 0 Å². The summed E-state index contributed by atoms with van der Waals surface area (Å²) in [5.74, 6) is -1.23. The van der Waals surface area contributed by atoms with E-state index in [1.54, 1.807) is 18.9 Å². The average Bonchev–Trinajstić information content (AvgIpc) is 3.11. The maximum Gasteiger partial charge on any atom is 0.307 e. The van der Waals surface area contributed by atoms with Crippen LogP contribution in [0.4, 0.5) is 5.69 Å². The molecular formula is C25H38ClN3O4. The Morgan fingerprint density at radius 2 is 1.85 bits per heavy atom. The van der Waals surface area contributed by atoms with Crippen LogP contribution in [0.1, 0.15) is 53.5 Å². The molecule has 184 valence electrons. The van der Waals surface area contributed by atoms with Crippen molar-refractivity contribution in [2.45, 2.75) is 72.5 Å². The highest BCUT2D eigenvalue weighted by atomic mass is 35.5. The minimum atomic E-state index is -0.903. The Balaban J connectivity index is 0.00000544. The van der Waals surface area contributed by atoms with E-state index in [0.717, 1.165) is 11.3 Å². The summed E-state index contributed by atoms with van der Waals surface area (Å²) in [6, 6.07) is 6.39. The number of rotatable bonds is 8. The third-order valence-corrected chi connectivity index (χ3v) is 5.85.